The molecule has 0 aliphatic rings. The third-order valence-electron chi connectivity index (χ3n) is 0.330. The number of hydrogen-bond donors (Lipinski definition) is 0. The average Bonchev–Trinajstić information content (AvgIpc) is 1.93. The molecule has 0 unspecified atom stereocenters. The van der Waals surface area contributed by atoms with Crippen molar-refractivity contribution in [2.24, 2.45) is 0 Å². The Kier molecular flexibility index (Phi) is 9.77. The minimum atomic E-state index is -2.65. The SMILES string of the molecule is CF.FCOC(F)=C(F)F. The molecule has 0 N–H and O–H groups in total. The highest BCUT2D eigenvalue weighted by Gasteiger charge is 2.03. The first-order valence-corrected chi connectivity index (χ1v) is 1.95. The van der Waals surface area contributed by atoms with Crippen LogP contribution in [0.3, 0.4) is 0 Å². The zero-order chi connectivity index (χ0) is 8.57. The number of rotatable bonds is 2. The van der Waals surface area contributed by atoms with Gasteiger partial charge in [0.25, 0.3) is 0 Å². The first-order chi connectivity index (χ1) is 4.68. The second-order valence-electron chi connectivity index (χ2n) is 0.788. The summed E-state index contributed by atoms with van der Waals surface area (Å²) in [5.74, 6) is 0. The molecule has 0 bridgehead atoms. The predicted octanol–water partition coefficient (Wildman–Crippen LogP) is 2.55. The summed E-state index contributed by atoms with van der Waals surface area (Å²) in [7, 11) is 0.500. The van der Waals surface area contributed by atoms with Crippen LogP contribution in [0.2, 0.25) is 0 Å². The number of hydrogen-bond acceptors (Lipinski definition) is 1. The van der Waals surface area contributed by atoms with Crippen LogP contribution in [0.25, 0.3) is 0 Å². The van der Waals surface area contributed by atoms with Crippen molar-refractivity contribution in [3.63, 3.8) is 0 Å². The summed E-state index contributed by atoms with van der Waals surface area (Å²) < 4.78 is 56.2. The minimum absolute atomic E-state index is 0.500. The first kappa shape index (κ1) is 11.9. The Labute approximate surface area is 54.1 Å². The van der Waals surface area contributed by atoms with Crippen LogP contribution in [-0.4, -0.2) is 14.0 Å². The molecule has 62 valence electrons. The summed E-state index contributed by atoms with van der Waals surface area (Å²) >= 11 is 0. The highest BCUT2D eigenvalue weighted by atomic mass is 19.3. The maximum atomic E-state index is 11.2. The molecule has 0 heterocycles. The van der Waals surface area contributed by atoms with Gasteiger partial charge >= 0.3 is 12.1 Å². The Balaban J connectivity index is 0. The van der Waals surface area contributed by atoms with Crippen LogP contribution in [0.1, 0.15) is 0 Å². The second kappa shape index (κ2) is 8.19. The van der Waals surface area contributed by atoms with Gasteiger partial charge in [-0.2, -0.15) is 13.2 Å². The van der Waals surface area contributed by atoms with E-state index in [0.29, 0.717) is 7.18 Å². The lowest BCUT2D eigenvalue weighted by molar-refractivity contribution is 0.0563. The molecule has 0 radical (unpaired) electrons. The highest BCUT2D eigenvalue weighted by Crippen LogP contribution is 2.09. The first-order valence-electron chi connectivity index (χ1n) is 1.95. The molecule has 10 heavy (non-hydrogen) atoms. The molecule has 0 aliphatic carbocycles. The number of ether oxygens (including phenoxy) is 1. The van der Waals surface area contributed by atoms with E-state index in [-0.39, 0.29) is 0 Å². The molecule has 0 fully saturated rings. The standard InChI is InChI=1S/C3H2F4O.CH3F/c4-1-8-3(7)2(5)6;1-2/h1H2;1H3. The molecule has 0 atom stereocenters. The van der Waals surface area contributed by atoms with Crippen LogP contribution in [0.15, 0.2) is 12.1 Å². The van der Waals surface area contributed by atoms with Gasteiger partial charge in [-0.15, -0.1) is 0 Å². The van der Waals surface area contributed by atoms with Gasteiger partial charge in [0.1, 0.15) is 0 Å². The summed E-state index contributed by atoms with van der Waals surface area (Å²) in [4.78, 5) is 0. The van der Waals surface area contributed by atoms with Gasteiger partial charge in [0.05, 0.1) is 7.18 Å². The van der Waals surface area contributed by atoms with E-state index in [1.807, 2.05) is 0 Å². The van der Waals surface area contributed by atoms with E-state index in [1.165, 1.54) is 0 Å². The maximum absolute atomic E-state index is 11.2. The summed E-state index contributed by atoms with van der Waals surface area (Å²) in [6, 6.07) is -2.16. The highest BCUT2D eigenvalue weighted by molar-refractivity contribution is 4.79. The normalized spacial score (nSPS) is 7.40. The van der Waals surface area contributed by atoms with Gasteiger partial charge in [-0.05, 0) is 0 Å². The van der Waals surface area contributed by atoms with Gasteiger partial charge in [0, 0.05) is 0 Å². The van der Waals surface area contributed by atoms with Crippen LogP contribution in [0.5, 0.6) is 0 Å². The molecule has 0 aromatic rings. The third kappa shape index (κ3) is 7.19. The Morgan fingerprint density at radius 3 is 1.70 bits per heavy atom. The Hall–Kier alpha value is -0.810. The molecule has 1 nitrogen and oxygen atoms in total. The van der Waals surface area contributed by atoms with Gasteiger partial charge < -0.3 is 4.74 Å². The predicted molar refractivity (Wildman–Crippen MR) is 24.4 cm³/mol. The number of alkyl halides is 2. The van der Waals surface area contributed by atoms with Crippen molar-refractivity contribution in [1.82, 2.24) is 0 Å². The molecule has 0 aliphatic heterocycles. The molecule has 0 saturated heterocycles. The van der Waals surface area contributed by atoms with Crippen molar-refractivity contribution in [2.45, 2.75) is 0 Å². The topological polar surface area (TPSA) is 9.23 Å². The van der Waals surface area contributed by atoms with Crippen molar-refractivity contribution in [3.05, 3.63) is 12.1 Å². The molecule has 0 spiro atoms. The zero-order valence-electron chi connectivity index (χ0n) is 5.01. The van der Waals surface area contributed by atoms with Crippen LogP contribution >= 0.6 is 0 Å². The van der Waals surface area contributed by atoms with Crippen molar-refractivity contribution < 1.29 is 26.7 Å². The minimum Gasteiger partial charge on any atom is -0.435 e. The molecule has 0 aromatic heterocycles. The lowest BCUT2D eigenvalue weighted by Crippen LogP contribution is -1.83. The van der Waals surface area contributed by atoms with E-state index in [9.17, 15) is 22.0 Å². The van der Waals surface area contributed by atoms with E-state index in [4.69, 9.17) is 0 Å². The van der Waals surface area contributed by atoms with Crippen molar-refractivity contribution in [3.8, 4) is 0 Å². The molecule has 0 saturated carbocycles. The quantitative estimate of drug-likeness (QED) is 0.450. The van der Waals surface area contributed by atoms with Gasteiger partial charge in [0.2, 0.25) is 6.86 Å². The third-order valence-corrected chi connectivity index (χ3v) is 0.330. The Morgan fingerprint density at radius 2 is 1.60 bits per heavy atom. The van der Waals surface area contributed by atoms with Gasteiger partial charge in [-0.3, -0.25) is 4.39 Å². The van der Waals surface area contributed by atoms with E-state index < -0.39 is 19.0 Å². The summed E-state index contributed by atoms with van der Waals surface area (Å²) in [6.45, 7) is -1.58. The summed E-state index contributed by atoms with van der Waals surface area (Å²) in [5, 5.41) is 0. The van der Waals surface area contributed by atoms with E-state index in [1.54, 1.807) is 0 Å². The van der Waals surface area contributed by atoms with Crippen molar-refractivity contribution >= 4 is 0 Å². The van der Waals surface area contributed by atoms with Crippen LogP contribution in [0, 0.1) is 0 Å². The van der Waals surface area contributed by atoms with Gasteiger partial charge in [-0.25, -0.2) is 4.39 Å². The van der Waals surface area contributed by atoms with Gasteiger partial charge in [0.15, 0.2) is 0 Å². The maximum Gasteiger partial charge on any atom is 0.342 e. The van der Waals surface area contributed by atoms with Crippen molar-refractivity contribution in [2.75, 3.05) is 14.0 Å². The fourth-order valence-corrected chi connectivity index (χ4v) is 0.102. The Morgan fingerprint density at radius 1 is 1.20 bits per heavy atom. The fraction of sp³-hybridized carbons (Fsp3) is 0.500. The van der Waals surface area contributed by atoms with E-state index >= 15 is 0 Å². The monoisotopic (exact) mass is 164 g/mol. The molecule has 6 heteroatoms. The van der Waals surface area contributed by atoms with E-state index in [0.717, 1.165) is 0 Å². The number of halogens is 5. The lowest BCUT2D eigenvalue weighted by Gasteiger charge is -1.90. The van der Waals surface area contributed by atoms with E-state index in [2.05, 4.69) is 4.74 Å². The van der Waals surface area contributed by atoms with Crippen LogP contribution in [0.4, 0.5) is 22.0 Å². The van der Waals surface area contributed by atoms with Crippen molar-refractivity contribution in [1.29, 1.82) is 0 Å². The largest absolute Gasteiger partial charge is 0.435 e. The lowest BCUT2D eigenvalue weighted by atomic mass is 11.0. The molecular formula is C4H5F5O. The molecule has 0 aromatic carbocycles. The summed E-state index contributed by atoms with van der Waals surface area (Å²) in [5.41, 5.74) is 0. The molecule has 0 amide bonds. The molecular weight excluding hydrogens is 159 g/mol. The smallest absolute Gasteiger partial charge is 0.342 e. The Bertz CT molecular complexity index is 97.8. The average molecular weight is 164 g/mol. The van der Waals surface area contributed by atoms with Crippen LogP contribution in [-0.2, 0) is 4.74 Å². The second-order valence-corrected chi connectivity index (χ2v) is 0.788. The fourth-order valence-electron chi connectivity index (χ4n) is 0.102. The van der Waals surface area contributed by atoms with Crippen LogP contribution < -0.4 is 0 Å². The van der Waals surface area contributed by atoms with Gasteiger partial charge in [-0.1, -0.05) is 0 Å². The molecule has 0 rings (SSSR count). The summed E-state index contributed by atoms with van der Waals surface area (Å²) in [6.07, 6.45) is -2.65. The zero-order valence-corrected chi connectivity index (χ0v) is 5.01.